The van der Waals surface area contributed by atoms with Crippen LogP contribution in [0.2, 0.25) is 0 Å². The normalized spacial score (nSPS) is 11.0. The van der Waals surface area contributed by atoms with E-state index in [1.54, 1.807) is 42.5 Å². The number of thiophene rings is 1. The quantitative estimate of drug-likeness (QED) is 0.602. The van der Waals surface area contributed by atoms with Crippen molar-refractivity contribution in [1.82, 2.24) is 5.32 Å². The number of carbonyl (C=O) groups excluding carboxylic acids is 2. The lowest BCUT2D eigenvalue weighted by Gasteiger charge is -2.11. The Morgan fingerprint density at radius 2 is 1.81 bits per heavy atom. The second kappa shape index (κ2) is 8.13. The Morgan fingerprint density at radius 1 is 1.00 bits per heavy atom. The van der Waals surface area contributed by atoms with Gasteiger partial charge < -0.3 is 15.7 Å². The van der Waals surface area contributed by atoms with E-state index in [2.05, 4.69) is 10.6 Å². The predicted molar refractivity (Wildman–Crippen MR) is 103 cm³/mol. The minimum absolute atomic E-state index is 0.0412. The van der Waals surface area contributed by atoms with Crippen molar-refractivity contribution in [2.75, 3.05) is 5.32 Å². The maximum atomic E-state index is 12.6. The van der Waals surface area contributed by atoms with Gasteiger partial charge in [0.25, 0.3) is 11.8 Å². The number of aromatic hydroxyl groups is 1. The van der Waals surface area contributed by atoms with Crippen molar-refractivity contribution in [3.8, 4) is 5.75 Å². The summed E-state index contributed by atoms with van der Waals surface area (Å²) < 4.78 is 0. The van der Waals surface area contributed by atoms with Crippen LogP contribution in [-0.4, -0.2) is 16.9 Å². The van der Waals surface area contributed by atoms with E-state index in [0.717, 1.165) is 5.56 Å². The molecule has 0 saturated heterocycles. The molecule has 0 aliphatic heterocycles. The number of benzene rings is 2. The average Bonchev–Trinajstić information content (AvgIpc) is 3.15. The molecule has 2 amide bonds. The second-order valence-electron chi connectivity index (χ2n) is 5.44. The molecule has 1 heterocycles. The fourth-order valence-electron chi connectivity index (χ4n) is 2.25. The van der Waals surface area contributed by atoms with Gasteiger partial charge in [-0.15, -0.1) is 0 Å². The first kappa shape index (κ1) is 17.4. The molecular weight excluding hydrogens is 348 g/mol. The summed E-state index contributed by atoms with van der Waals surface area (Å²) in [6, 6.07) is 16.7. The average molecular weight is 364 g/mol. The molecule has 1 aromatic heterocycles. The molecule has 0 atom stereocenters. The Balaban J connectivity index is 1.83. The Kier molecular flexibility index (Phi) is 5.46. The van der Waals surface area contributed by atoms with Gasteiger partial charge in [-0.1, -0.05) is 24.3 Å². The fourth-order valence-corrected chi connectivity index (χ4v) is 2.87. The fraction of sp³-hybridized carbons (Fsp3) is 0. The van der Waals surface area contributed by atoms with Crippen LogP contribution in [0.3, 0.4) is 0 Å². The van der Waals surface area contributed by atoms with Crippen molar-refractivity contribution in [3.63, 3.8) is 0 Å². The minimum Gasteiger partial charge on any atom is -0.508 e. The van der Waals surface area contributed by atoms with Gasteiger partial charge in [0.05, 0.1) is 0 Å². The summed E-state index contributed by atoms with van der Waals surface area (Å²) >= 11 is 1.49. The zero-order chi connectivity index (χ0) is 18.4. The van der Waals surface area contributed by atoms with Gasteiger partial charge in [-0.3, -0.25) is 9.59 Å². The zero-order valence-electron chi connectivity index (χ0n) is 13.7. The largest absolute Gasteiger partial charge is 0.508 e. The molecule has 0 aliphatic carbocycles. The molecule has 0 aliphatic rings. The van der Waals surface area contributed by atoms with E-state index in [1.165, 1.54) is 23.5 Å². The van der Waals surface area contributed by atoms with E-state index in [0.29, 0.717) is 11.3 Å². The van der Waals surface area contributed by atoms with Crippen LogP contribution in [0.15, 0.2) is 77.1 Å². The lowest BCUT2D eigenvalue weighted by atomic mass is 10.2. The topological polar surface area (TPSA) is 78.4 Å². The number of anilines is 1. The number of hydrogen-bond donors (Lipinski definition) is 3. The third kappa shape index (κ3) is 4.58. The van der Waals surface area contributed by atoms with E-state index in [-0.39, 0.29) is 17.4 Å². The first-order valence-electron chi connectivity index (χ1n) is 7.82. The molecule has 3 aromatic rings. The molecule has 130 valence electrons. The van der Waals surface area contributed by atoms with Gasteiger partial charge in [0.2, 0.25) is 0 Å². The molecule has 0 unspecified atom stereocenters. The smallest absolute Gasteiger partial charge is 0.272 e. The van der Waals surface area contributed by atoms with Gasteiger partial charge in [0, 0.05) is 17.3 Å². The molecule has 0 bridgehead atoms. The monoisotopic (exact) mass is 364 g/mol. The van der Waals surface area contributed by atoms with Crippen LogP contribution in [0.25, 0.3) is 6.08 Å². The molecule has 2 aromatic carbocycles. The minimum atomic E-state index is -0.480. The van der Waals surface area contributed by atoms with E-state index < -0.39 is 5.91 Å². The highest BCUT2D eigenvalue weighted by atomic mass is 32.1. The third-order valence-electron chi connectivity index (χ3n) is 3.49. The van der Waals surface area contributed by atoms with Crippen molar-refractivity contribution < 1.29 is 14.7 Å². The van der Waals surface area contributed by atoms with Gasteiger partial charge in [0.1, 0.15) is 11.4 Å². The number of phenols is 1. The molecule has 0 fully saturated rings. The Labute approximate surface area is 154 Å². The maximum Gasteiger partial charge on any atom is 0.272 e. The highest BCUT2D eigenvalue weighted by Gasteiger charge is 2.15. The molecule has 5 nitrogen and oxygen atoms in total. The van der Waals surface area contributed by atoms with Gasteiger partial charge in [0.15, 0.2) is 0 Å². The zero-order valence-corrected chi connectivity index (χ0v) is 14.5. The van der Waals surface area contributed by atoms with Crippen molar-refractivity contribution >= 4 is 34.9 Å². The van der Waals surface area contributed by atoms with Crippen LogP contribution in [0.4, 0.5) is 5.69 Å². The van der Waals surface area contributed by atoms with Crippen molar-refractivity contribution in [2.24, 2.45) is 0 Å². The van der Waals surface area contributed by atoms with Crippen molar-refractivity contribution in [1.29, 1.82) is 0 Å². The summed E-state index contributed by atoms with van der Waals surface area (Å²) in [5.41, 5.74) is 1.80. The van der Waals surface area contributed by atoms with E-state index in [9.17, 15) is 14.7 Å². The summed E-state index contributed by atoms with van der Waals surface area (Å²) in [6.45, 7) is 0. The van der Waals surface area contributed by atoms with Crippen LogP contribution >= 0.6 is 11.3 Å². The molecule has 0 saturated carbocycles. The lowest BCUT2D eigenvalue weighted by molar-refractivity contribution is -0.113. The SMILES string of the molecule is O=C(Nc1cccc(O)c1)/C(=C\c1ccsc1)NC(=O)c1ccccc1. The maximum absolute atomic E-state index is 12.6. The molecule has 6 heteroatoms. The number of phenolic OH excluding ortho intramolecular Hbond substituents is 1. The van der Waals surface area contributed by atoms with Crippen LogP contribution in [0.5, 0.6) is 5.75 Å². The number of carbonyl (C=O) groups is 2. The summed E-state index contributed by atoms with van der Waals surface area (Å²) in [5.74, 6) is -0.816. The van der Waals surface area contributed by atoms with Crippen LogP contribution < -0.4 is 10.6 Å². The summed E-state index contributed by atoms with van der Waals surface area (Å²) in [6.07, 6.45) is 1.61. The molecule has 26 heavy (non-hydrogen) atoms. The van der Waals surface area contributed by atoms with Gasteiger partial charge in [-0.05, 0) is 52.7 Å². The number of rotatable bonds is 5. The summed E-state index contributed by atoms with van der Waals surface area (Å²) in [7, 11) is 0. The molecule has 3 rings (SSSR count). The van der Waals surface area contributed by atoms with Crippen LogP contribution in [0.1, 0.15) is 15.9 Å². The summed E-state index contributed by atoms with van der Waals surface area (Å²) in [4.78, 5) is 25.1. The Hall–Kier alpha value is -3.38. The van der Waals surface area contributed by atoms with Crippen LogP contribution in [0, 0.1) is 0 Å². The van der Waals surface area contributed by atoms with Crippen LogP contribution in [-0.2, 0) is 4.79 Å². The van der Waals surface area contributed by atoms with Gasteiger partial charge in [-0.25, -0.2) is 0 Å². The van der Waals surface area contributed by atoms with Gasteiger partial charge >= 0.3 is 0 Å². The number of hydrogen-bond acceptors (Lipinski definition) is 4. The molecule has 3 N–H and O–H groups in total. The molecule has 0 radical (unpaired) electrons. The third-order valence-corrected chi connectivity index (χ3v) is 4.19. The highest BCUT2D eigenvalue weighted by molar-refractivity contribution is 7.08. The first-order chi connectivity index (χ1) is 12.6. The van der Waals surface area contributed by atoms with Crippen molar-refractivity contribution in [3.05, 3.63) is 88.2 Å². The Morgan fingerprint density at radius 3 is 2.50 bits per heavy atom. The van der Waals surface area contributed by atoms with E-state index in [1.807, 2.05) is 22.9 Å². The number of nitrogens with one attached hydrogen (secondary N) is 2. The number of amides is 2. The lowest BCUT2D eigenvalue weighted by Crippen LogP contribution is -2.30. The molecule has 0 spiro atoms. The van der Waals surface area contributed by atoms with Crippen molar-refractivity contribution in [2.45, 2.75) is 0 Å². The van der Waals surface area contributed by atoms with E-state index in [4.69, 9.17) is 0 Å². The molecular formula is C20H16N2O3S. The standard InChI is InChI=1S/C20H16N2O3S/c23-17-8-4-7-16(12-17)21-20(25)18(11-14-9-10-26-13-14)22-19(24)15-5-2-1-3-6-15/h1-13,23H,(H,21,25)(H,22,24)/b18-11+. The predicted octanol–water partition coefficient (Wildman–Crippen LogP) is 3.86. The van der Waals surface area contributed by atoms with E-state index >= 15 is 0 Å². The Bertz CT molecular complexity index is 935. The van der Waals surface area contributed by atoms with Gasteiger partial charge in [-0.2, -0.15) is 11.3 Å². The first-order valence-corrected chi connectivity index (χ1v) is 8.77. The summed E-state index contributed by atoms with van der Waals surface area (Å²) in [5, 5.41) is 18.6. The second-order valence-corrected chi connectivity index (χ2v) is 6.22. The highest BCUT2D eigenvalue weighted by Crippen LogP contribution is 2.17.